The molecule has 1 N–H and O–H groups in total. The highest BCUT2D eigenvalue weighted by Crippen LogP contribution is 2.11. The first-order chi connectivity index (χ1) is 5.20. The van der Waals surface area contributed by atoms with E-state index < -0.39 is 0 Å². The maximum absolute atomic E-state index is 10.9. The van der Waals surface area contributed by atoms with Crippen molar-refractivity contribution in [2.45, 2.75) is 26.0 Å². The number of hydrogen-bond acceptors (Lipinski definition) is 2. The maximum atomic E-state index is 10.9. The fraction of sp³-hybridized carbons (Fsp3) is 0.625. The van der Waals surface area contributed by atoms with Crippen LogP contribution < -0.4 is 5.32 Å². The standard InChI is InChI=1S/C8H15NOS/c1-4-6-7(3)11-8(10)9-5-2/h4,6-7H,5H2,1-3H3,(H,9,10)/b6-4+/t7-/m1/s1. The van der Waals surface area contributed by atoms with Crippen LogP contribution >= 0.6 is 11.8 Å². The Kier molecular flexibility index (Phi) is 6.03. The summed E-state index contributed by atoms with van der Waals surface area (Å²) >= 11 is 1.31. The Morgan fingerprint density at radius 3 is 2.82 bits per heavy atom. The molecule has 0 aliphatic heterocycles. The van der Waals surface area contributed by atoms with Gasteiger partial charge in [-0.1, -0.05) is 23.9 Å². The topological polar surface area (TPSA) is 29.1 Å². The van der Waals surface area contributed by atoms with Gasteiger partial charge in [0.1, 0.15) is 0 Å². The van der Waals surface area contributed by atoms with Crippen molar-refractivity contribution in [1.29, 1.82) is 0 Å². The van der Waals surface area contributed by atoms with Crippen molar-refractivity contribution in [2.24, 2.45) is 0 Å². The summed E-state index contributed by atoms with van der Waals surface area (Å²) in [5, 5.41) is 3.05. The number of hydrogen-bond donors (Lipinski definition) is 1. The van der Waals surface area contributed by atoms with E-state index in [1.54, 1.807) is 0 Å². The SMILES string of the molecule is C/C=C/[C@@H](C)SC(=O)NCC. The van der Waals surface area contributed by atoms with E-state index in [2.05, 4.69) is 5.32 Å². The zero-order chi connectivity index (χ0) is 8.69. The Morgan fingerprint density at radius 1 is 1.73 bits per heavy atom. The van der Waals surface area contributed by atoms with Gasteiger partial charge in [0.05, 0.1) is 0 Å². The lowest BCUT2D eigenvalue weighted by Crippen LogP contribution is -2.19. The number of carbonyl (C=O) groups is 1. The zero-order valence-corrected chi connectivity index (χ0v) is 8.07. The number of nitrogens with one attached hydrogen (secondary N) is 1. The molecule has 0 heterocycles. The lowest BCUT2D eigenvalue weighted by molar-refractivity contribution is 0.261. The Balaban J connectivity index is 3.57. The monoisotopic (exact) mass is 173 g/mol. The van der Waals surface area contributed by atoms with Crippen LogP contribution in [-0.2, 0) is 0 Å². The maximum Gasteiger partial charge on any atom is 0.279 e. The predicted octanol–water partition coefficient (Wildman–Crippen LogP) is 2.41. The van der Waals surface area contributed by atoms with E-state index in [0.29, 0.717) is 6.54 Å². The van der Waals surface area contributed by atoms with Gasteiger partial charge in [0.15, 0.2) is 0 Å². The molecule has 1 amide bonds. The van der Waals surface area contributed by atoms with Gasteiger partial charge in [-0.05, 0) is 20.8 Å². The minimum absolute atomic E-state index is 0.0538. The van der Waals surface area contributed by atoms with Crippen molar-refractivity contribution >= 4 is 17.0 Å². The summed E-state index contributed by atoms with van der Waals surface area (Å²) in [5.74, 6) is 0. The van der Waals surface area contributed by atoms with Crippen LogP contribution in [-0.4, -0.2) is 17.0 Å². The van der Waals surface area contributed by atoms with Crippen LogP contribution in [0.2, 0.25) is 0 Å². The molecule has 0 radical (unpaired) electrons. The fourth-order valence-electron chi connectivity index (χ4n) is 0.665. The average molecular weight is 173 g/mol. The van der Waals surface area contributed by atoms with Gasteiger partial charge >= 0.3 is 0 Å². The molecule has 0 rings (SSSR count). The molecule has 0 aliphatic rings. The molecule has 0 fully saturated rings. The predicted molar refractivity (Wildman–Crippen MR) is 50.9 cm³/mol. The van der Waals surface area contributed by atoms with E-state index in [9.17, 15) is 4.79 Å². The number of amides is 1. The molecule has 0 saturated heterocycles. The van der Waals surface area contributed by atoms with Crippen LogP contribution in [0.3, 0.4) is 0 Å². The zero-order valence-electron chi connectivity index (χ0n) is 7.26. The van der Waals surface area contributed by atoms with E-state index in [4.69, 9.17) is 0 Å². The average Bonchev–Trinajstić information content (AvgIpc) is 1.87. The first-order valence-corrected chi connectivity index (χ1v) is 4.66. The van der Waals surface area contributed by atoms with Crippen LogP contribution in [0.1, 0.15) is 20.8 Å². The first kappa shape index (κ1) is 10.6. The molecule has 0 spiro atoms. The molecule has 0 aromatic heterocycles. The van der Waals surface area contributed by atoms with E-state index in [-0.39, 0.29) is 10.5 Å². The van der Waals surface area contributed by atoms with Gasteiger partial charge in [-0.3, -0.25) is 4.79 Å². The second-order valence-corrected chi connectivity index (χ2v) is 3.52. The number of rotatable bonds is 3. The van der Waals surface area contributed by atoms with Crippen LogP contribution in [0.15, 0.2) is 12.2 Å². The molecular weight excluding hydrogens is 158 g/mol. The van der Waals surface area contributed by atoms with Crippen molar-refractivity contribution in [3.05, 3.63) is 12.2 Å². The molecule has 0 aromatic carbocycles. The fourth-order valence-corrected chi connectivity index (χ4v) is 1.47. The highest BCUT2D eigenvalue weighted by atomic mass is 32.2. The smallest absolute Gasteiger partial charge is 0.279 e. The molecule has 1 atom stereocenters. The number of allylic oxidation sites excluding steroid dienone is 1. The number of thioether (sulfide) groups is 1. The van der Waals surface area contributed by atoms with Crippen LogP contribution in [0.5, 0.6) is 0 Å². The van der Waals surface area contributed by atoms with Gasteiger partial charge < -0.3 is 5.32 Å². The molecule has 2 nitrogen and oxygen atoms in total. The van der Waals surface area contributed by atoms with Gasteiger partial charge in [-0.25, -0.2) is 0 Å². The summed E-state index contributed by atoms with van der Waals surface area (Å²) < 4.78 is 0. The summed E-state index contributed by atoms with van der Waals surface area (Å²) in [6.07, 6.45) is 3.96. The minimum atomic E-state index is 0.0538. The number of carbonyl (C=O) groups excluding carboxylic acids is 1. The Bertz CT molecular complexity index is 145. The van der Waals surface area contributed by atoms with Gasteiger partial charge in [-0.2, -0.15) is 0 Å². The second kappa shape index (κ2) is 6.28. The molecule has 3 heteroatoms. The summed E-state index contributed by atoms with van der Waals surface area (Å²) in [7, 11) is 0. The van der Waals surface area contributed by atoms with Gasteiger partial charge in [0, 0.05) is 11.8 Å². The summed E-state index contributed by atoms with van der Waals surface area (Å²) in [6.45, 7) is 6.57. The molecular formula is C8H15NOS. The second-order valence-electron chi connectivity index (χ2n) is 2.17. The van der Waals surface area contributed by atoms with E-state index in [0.717, 1.165) is 0 Å². The third-order valence-corrected chi connectivity index (χ3v) is 1.96. The quantitative estimate of drug-likeness (QED) is 0.664. The van der Waals surface area contributed by atoms with Crippen molar-refractivity contribution in [3.63, 3.8) is 0 Å². The highest BCUT2D eigenvalue weighted by molar-refractivity contribution is 8.14. The highest BCUT2D eigenvalue weighted by Gasteiger charge is 2.03. The van der Waals surface area contributed by atoms with Crippen LogP contribution in [0, 0.1) is 0 Å². The first-order valence-electron chi connectivity index (χ1n) is 3.78. The van der Waals surface area contributed by atoms with Crippen molar-refractivity contribution in [1.82, 2.24) is 5.32 Å². The van der Waals surface area contributed by atoms with E-state index >= 15 is 0 Å². The molecule has 0 aromatic rings. The Hall–Kier alpha value is -0.440. The molecule has 64 valence electrons. The van der Waals surface area contributed by atoms with Gasteiger partial charge in [-0.15, -0.1) is 0 Å². The molecule has 0 aliphatic carbocycles. The van der Waals surface area contributed by atoms with Crippen molar-refractivity contribution < 1.29 is 4.79 Å². The molecule has 0 unspecified atom stereocenters. The molecule has 11 heavy (non-hydrogen) atoms. The normalized spacial score (nSPS) is 13.4. The van der Waals surface area contributed by atoms with Crippen molar-refractivity contribution in [3.8, 4) is 0 Å². The summed E-state index contributed by atoms with van der Waals surface area (Å²) in [5.41, 5.74) is 0. The van der Waals surface area contributed by atoms with Crippen LogP contribution in [0.25, 0.3) is 0 Å². The summed E-state index contributed by atoms with van der Waals surface area (Å²) in [6, 6.07) is 0. The van der Waals surface area contributed by atoms with Gasteiger partial charge in [0.25, 0.3) is 5.24 Å². The van der Waals surface area contributed by atoms with Gasteiger partial charge in [0.2, 0.25) is 0 Å². The third-order valence-electron chi connectivity index (χ3n) is 1.08. The largest absolute Gasteiger partial charge is 0.347 e. The van der Waals surface area contributed by atoms with Crippen LogP contribution in [0.4, 0.5) is 4.79 Å². The lowest BCUT2D eigenvalue weighted by Gasteiger charge is -2.04. The summed E-state index contributed by atoms with van der Waals surface area (Å²) in [4.78, 5) is 10.9. The minimum Gasteiger partial charge on any atom is -0.347 e. The van der Waals surface area contributed by atoms with E-state index in [1.807, 2.05) is 32.9 Å². The molecule has 0 bridgehead atoms. The third kappa shape index (κ3) is 5.98. The lowest BCUT2D eigenvalue weighted by atomic mass is 10.4. The Labute approximate surface area is 72.4 Å². The van der Waals surface area contributed by atoms with Crippen molar-refractivity contribution in [2.75, 3.05) is 6.54 Å². The molecule has 0 saturated carbocycles. The van der Waals surface area contributed by atoms with E-state index in [1.165, 1.54) is 11.8 Å². The Morgan fingerprint density at radius 2 is 2.36 bits per heavy atom.